The summed E-state index contributed by atoms with van der Waals surface area (Å²) < 4.78 is 93.6. The monoisotopic (exact) mass is 713 g/mol. The Kier molecular flexibility index (Phi) is 12.2. The molecule has 49 heavy (non-hydrogen) atoms. The minimum Gasteiger partial charge on any atom is -0.390 e. The van der Waals surface area contributed by atoms with E-state index in [0.29, 0.717) is 43.0 Å². The molecule has 2 aromatic carbocycles. The van der Waals surface area contributed by atoms with Crippen LogP contribution >= 0.6 is 0 Å². The van der Waals surface area contributed by atoms with Gasteiger partial charge in [0.05, 0.1) is 29.2 Å². The summed E-state index contributed by atoms with van der Waals surface area (Å²) in [6.07, 6.45) is -4.63. The standard InChI is InChI=1S/C33H40F5N5O5S/c1-3-4-11-49(47,48)12-8-26(40-31(46)28-13-20(2)42-43-28)30(45)41-27(16-21-14-24(34)18-25(35)15-21)29(44)19-39-32(9-10-32)22-6-5-7-23(17-22)33(36,37)38/h5-7,13-15,17-18,26-27,29,39,44H,3-4,8-12,16,19H2,1-2H3,(H,40,46)(H,41,45)(H,42,43)/t26-,27+,29+/m1/s1. The molecule has 10 nitrogen and oxygen atoms in total. The summed E-state index contributed by atoms with van der Waals surface area (Å²) in [4.78, 5) is 26.7. The zero-order valence-electron chi connectivity index (χ0n) is 27.0. The number of carbonyl (C=O) groups excluding carboxylic acids is 2. The van der Waals surface area contributed by atoms with Crippen molar-refractivity contribution in [3.05, 3.63) is 88.2 Å². The number of hydrogen-bond acceptors (Lipinski definition) is 7. The first kappa shape index (κ1) is 37.9. The highest BCUT2D eigenvalue weighted by atomic mass is 32.2. The fourth-order valence-electron chi connectivity index (χ4n) is 5.48. The number of H-pyrrole nitrogens is 1. The molecule has 0 bridgehead atoms. The van der Waals surface area contributed by atoms with E-state index in [1.165, 1.54) is 12.1 Å². The number of unbranched alkanes of at least 4 members (excludes halogenated alkanes) is 1. The second-order valence-corrected chi connectivity index (χ2v) is 14.8. The van der Waals surface area contributed by atoms with Crippen molar-refractivity contribution in [2.45, 2.75) is 82.3 Å². The number of amides is 2. The van der Waals surface area contributed by atoms with Crippen molar-refractivity contribution in [2.75, 3.05) is 18.1 Å². The number of nitrogens with one attached hydrogen (secondary N) is 4. The third kappa shape index (κ3) is 10.8. The number of sulfone groups is 1. The molecule has 1 fully saturated rings. The van der Waals surface area contributed by atoms with Gasteiger partial charge in [0.2, 0.25) is 5.91 Å². The third-order valence-electron chi connectivity index (χ3n) is 8.40. The topological polar surface area (TPSA) is 153 Å². The number of nitrogens with zero attached hydrogens (tertiary/aromatic N) is 1. The summed E-state index contributed by atoms with van der Waals surface area (Å²) in [6, 6.07) is 6.30. The fraction of sp³-hybridized carbons (Fsp3) is 0.485. The molecule has 1 aliphatic rings. The summed E-state index contributed by atoms with van der Waals surface area (Å²) >= 11 is 0. The molecule has 1 aliphatic carbocycles. The molecule has 5 N–H and O–H groups in total. The van der Waals surface area contributed by atoms with Gasteiger partial charge in [-0.05, 0) is 80.5 Å². The number of alkyl halides is 3. The van der Waals surface area contributed by atoms with E-state index in [9.17, 15) is 45.1 Å². The first-order chi connectivity index (χ1) is 23.0. The van der Waals surface area contributed by atoms with E-state index in [1.807, 2.05) is 6.92 Å². The molecule has 0 unspecified atom stereocenters. The van der Waals surface area contributed by atoms with Crippen molar-refractivity contribution in [2.24, 2.45) is 0 Å². The lowest BCUT2D eigenvalue weighted by Gasteiger charge is -2.29. The van der Waals surface area contributed by atoms with Gasteiger partial charge in [-0.2, -0.15) is 18.3 Å². The molecule has 16 heteroatoms. The van der Waals surface area contributed by atoms with Gasteiger partial charge in [0.15, 0.2) is 0 Å². The van der Waals surface area contributed by atoms with Crippen LogP contribution in [-0.4, -0.2) is 71.8 Å². The maximum Gasteiger partial charge on any atom is 0.416 e. The van der Waals surface area contributed by atoms with Crippen LogP contribution in [0.2, 0.25) is 0 Å². The zero-order chi connectivity index (χ0) is 36.0. The van der Waals surface area contributed by atoms with Gasteiger partial charge < -0.3 is 21.1 Å². The first-order valence-corrected chi connectivity index (χ1v) is 17.7. The van der Waals surface area contributed by atoms with E-state index in [-0.39, 0.29) is 36.4 Å². The van der Waals surface area contributed by atoms with E-state index >= 15 is 0 Å². The maximum absolute atomic E-state index is 14.1. The van der Waals surface area contributed by atoms with E-state index in [0.717, 1.165) is 24.3 Å². The molecule has 4 rings (SSSR count). The Morgan fingerprint density at radius 3 is 2.33 bits per heavy atom. The Hall–Kier alpha value is -3.89. The Bertz CT molecular complexity index is 1710. The summed E-state index contributed by atoms with van der Waals surface area (Å²) in [7, 11) is -3.59. The Labute approximate surface area is 281 Å². The molecule has 0 saturated heterocycles. The number of aryl methyl sites for hydroxylation is 1. The van der Waals surface area contributed by atoms with Crippen LogP contribution in [0.5, 0.6) is 0 Å². The number of halogens is 5. The van der Waals surface area contributed by atoms with Crippen molar-refractivity contribution in [3.63, 3.8) is 0 Å². The number of benzene rings is 2. The van der Waals surface area contributed by atoms with E-state index in [4.69, 9.17) is 0 Å². The number of carbonyl (C=O) groups is 2. The number of aliphatic hydroxyl groups excluding tert-OH is 1. The lowest BCUT2D eigenvalue weighted by Crippen LogP contribution is -2.55. The number of aliphatic hydroxyl groups is 1. The molecule has 1 saturated carbocycles. The van der Waals surface area contributed by atoms with Crippen molar-refractivity contribution in [1.29, 1.82) is 0 Å². The van der Waals surface area contributed by atoms with Crippen LogP contribution in [0, 0.1) is 18.6 Å². The van der Waals surface area contributed by atoms with Gasteiger partial charge in [-0.25, -0.2) is 17.2 Å². The Morgan fingerprint density at radius 2 is 1.73 bits per heavy atom. The average Bonchev–Trinajstić information content (AvgIpc) is 3.70. The van der Waals surface area contributed by atoms with Crippen LogP contribution < -0.4 is 16.0 Å². The van der Waals surface area contributed by atoms with Crippen LogP contribution in [0.4, 0.5) is 22.0 Å². The van der Waals surface area contributed by atoms with Gasteiger partial charge in [-0.3, -0.25) is 14.7 Å². The SMILES string of the molecule is CCCCS(=O)(=O)CC[C@@H](NC(=O)c1cc(C)[nH]n1)C(=O)N[C@@H](Cc1cc(F)cc(F)c1)[C@@H](O)CNC1(c2cccc(C(F)(F)F)c2)CC1. The predicted octanol–water partition coefficient (Wildman–Crippen LogP) is 4.09. The number of rotatable bonds is 17. The normalized spacial score (nSPS) is 16.1. The molecule has 268 valence electrons. The molecular formula is C33H40F5N5O5S. The van der Waals surface area contributed by atoms with Gasteiger partial charge in [0, 0.05) is 23.8 Å². The second kappa shape index (κ2) is 15.8. The third-order valence-corrected chi connectivity index (χ3v) is 10.2. The number of aromatic nitrogens is 2. The summed E-state index contributed by atoms with van der Waals surface area (Å²) in [5.41, 5.74) is -0.744. The minimum absolute atomic E-state index is 0.0514. The van der Waals surface area contributed by atoms with E-state index in [2.05, 4.69) is 26.1 Å². The highest BCUT2D eigenvalue weighted by Gasteiger charge is 2.45. The maximum atomic E-state index is 14.1. The van der Waals surface area contributed by atoms with E-state index < -0.39 is 74.5 Å². The summed E-state index contributed by atoms with van der Waals surface area (Å²) in [5.74, 6) is -3.98. The minimum atomic E-state index is -4.56. The Balaban J connectivity index is 1.56. The van der Waals surface area contributed by atoms with Gasteiger partial charge >= 0.3 is 6.18 Å². The van der Waals surface area contributed by atoms with Crippen LogP contribution in [0.15, 0.2) is 48.5 Å². The highest BCUT2D eigenvalue weighted by Crippen LogP contribution is 2.46. The molecule has 2 amide bonds. The lowest BCUT2D eigenvalue weighted by atomic mass is 9.98. The molecule has 1 aromatic heterocycles. The lowest BCUT2D eigenvalue weighted by molar-refractivity contribution is -0.137. The van der Waals surface area contributed by atoms with Crippen molar-refractivity contribution >= 4 is 21.7 Å². The quantitative estimate of drug-likeness (QED) is 0.132. The average molecular weight is 714 g/mol. The Morgan fingerprint density at radius 1 is 1.04 bits per heavy atom. The van der Waals surface area contributed by atoms with Crippen molar-refractivity contribution < 1.29 is 45.1 Å². The predicted molar refractivity (Wildman–Crippen MR) is 171 cm³/mol. The molecule has 3 atom stereocenters. The largest absolute Gasteiger partial charge is 0.416 e. The van der Waals surface area contributed by atoms with Crippen LogP contribution in [0.1, 0.15) is 71.9 Å². The zero-order valence-corrected chi connectivity index (χ0v) is 27.9. The van der Waals surface area contributed by atoms with Crippen LogP contribution in [-0.2, 0) is 32.8 Å². The smallest absolute Gasteiger partial charge is 0.390 e. The van der Waals surface area contributed by atoms with E-state index in [1.54, 1.807) is 13.0 Å². The number of hydrogen-bond donors (Lipinski definition) is 5. The van der Waals surface area contributed by atoms with Crippen molar-refractivity contribution in [1.82, 2.24) is 26.1 Å². The highest BCUT2D eigenvalue weighted by molar-refractivity contribution is 7.91. The summed E-state index contributed by atoms with van der Waals surface area (Å²) in [5, 5.41) is 26.0. The van der Waals surface area contributed by atoms with Gasteiger partial charge in [-0.1, -0.05) is 25.5 Å². The van der Waals surface area contributed by atoms with Gasteiger partial charge in [0.1, 0.15) is 33.2 Å². The van der Waals surface area contributed by atoms with Crippen molar-refractivity contribution in [3.8, 4) is 0 Å². The van der Waals surface area contributed by atoms with Gasteiger partial charge in [-0.15, -0.1) is 0 Å². The second-order valence-electron chi connectivity index (χ2n) is 12.5. The molecule has 3 aromatic rings. The first-order valence-electron chi connectivity index (χ1n) is 15.9. The number of aromatic amines is 1. The molecule has 0 aliphatic heterocycles. The molecular weight excluding hydrogens is 673 g/mol. The molecule has 0 radical (unpaired) electrons. The molecule has 1 heterocycles. The van der Waals surface area contributed by atoms with Gasteiger partial charge in [0.25, 0.3) is 5.91 Å². The summed E-state index contributed by atoms with van der Waals surface area (Å²) in [6.45, 7) is 3.24. The fourth-order valence-corrected chi connectivity index (χ4v) is 7.00. The van der Waals surface area contributed by atoms with Crippen LogP contribution in [0.25, 0.3) is 0 Å². The van der Waals surface area contributed by atoms with Crippen LogP contribution in [0.3, 0.4) is 0 Å². The molecule has 0 spiro atoms.